The van der Waals surface area contributed by atoms with E-state index in [1.807, 2.05) is 0 Å². The van der Waals surface area contributed by atoms with E-state index in [2.05, 4.69) is 10.5 Å². The van der Waals surface area contributed by atoms with Crippen molar-refractivity contribution >= 4 is 17.5 Å². The number of amides is 1. The van der Waals surface area contributed by atoms with E-state index in [0.717, 1.165) is 18.4 Å². The molecule has 1 amide bonds. The van der Waals surface area contributed by atoms with Gasteiger partial charge in [-0.15, -0.1) is 0 Å². The molecule has 0 aliphatic rings. The molecule has 0 spiro atoms. The van der Waals surface area contributed by atoms with Crippen LogP contribution >= 0.6 is 11.6 Å². The van der Waals surface area contributed by atoms with Crippen molar-refractivity contribution in [1.82, 2.24) is 10.5 Å². The number of benzene rings is 1. The van der Waals surface area contributed by atoms with Crippen LogP contribution in [0.5, 0.6) is 0 Å². The molecule has 2 aromatic rings. The fraction of sp³-hybridized carbons (Fsp3) is 0.333. The monoisotopic (exact) mass is 310 g/mol. The highest BCUT2D eigenvalue weighted by molar-refractivity contribution is 6.31. The average Bonchev–Trinajstić information content (AvgIpc) is 2.96. The molecule has 0 radical (unpaired) electrons. The van der Waals surface area contributed by atoms with E-state index in [1.54, 1.807) is 24.6 Å². The van der Waals surface area contributed by atoms with E-state index in [4.69, 9.17) is 16.1 Å². The second kappa shape index (κ2) is 7.78. The van der Waals surface area contributed by atoms with Gasteiger partial charge in [0.15, 0.2) is 0 Å². The Bertz CT molecular complexity index is 567. The third-order valence-electron chi connectivity index (χ3n) is 3.11. The molecule has 0 fully saturated rings. The Kier molecular flexibility index (Phi) is 5.75. The molecule has 0 bridgehead atoms. The van der Waals surface area contributed by atoms with Crippen LogP contribution in [0.4, 0.5) is 4.39 Å². The van der Waals surface area contributed by atoms with Gasteiger partial charge >= 0.3 is 0 Å². The Morgan fingerprint density at radius 1 is 1.38 bits per heavy atom. The summed E-state index contributed by atoms with van der Waals surface area (Å²) in [5.41, 5.74) is 1.39. The Morgan fingerprint density at radius 2 is 2.24 bits per heavy atom. The molecule has 4 nitrogen and oxygen atoms in total. The van der Waals surface area contributed by atoms with Crippen LogP contribution in [0.2, 0.25) is 5.02 Å². The van der Waals surface area contributed by atoms with Crippen molar-refractivity contribution < 1.29 is 13.7 Å². The van der Waals surface area contributed by atoms with Crippen LogP contribution in [0, 0.1) is 5.82 Å². The summed E-state index contributed by atoms with van der Waals surface area (Å²) in [4.78, 5) is 11.7. The average molecular weight is 311 g/mol. The fourth-order valence-corrected chi connectivity index (χ4v) is 2.23. The van der Waals surface area contributed by atoms with Crippen LogP contribution in [0.3, 0.4) is 0 Å². The second-order valence-corrected chi connectivity index (χ2v) is 5.09. The molecular weight excluding hydrogens is 295 g/mol. The van der Waals surface area contributed by atoms with E-state index in [-0.39, 0.29) is 18.1 Å². The zero-order valence-electron chi connectivity index (χ0n) is 11.4. The summed E-state index contributed by atoms with van der Waals surface area (Å²) in [6.07, 6.45) is 5.34. The van der Waals surface area contributed by atoms with E-state index in [0.29, 0.717) is 23.6 Å². The zero-order chi connectivity index (χ0) is 15.1. The van der Waals surface area contributed by atoms with Gasteiger partial charge in [0, 0.05) is 29.1 Å². The van der Waals surface area contributed by atoms with Gasteiger partial charge in [0.25, 0.3) is 0 Å². The number of nitrogens with one attached hydrogen (secondary N) is 1. The lowest BCUT2D eigenvalue weighted by Gasteiger charge is -2.07. The highest BCUT2D eigenvalue weighted by Crippen LogP contribution is 2.20. The van der Waals surface area contributed by atoms with Crippen LogP contribution in [0.1, 0.15) is 24.0 Å². The Balaban J connectivity index is 1.68. The van der Waals surface area contributed by atoms with Gasteiger partial charge in [-0.2, -0.15) is 0 Å². The maximum absolute atomic E-state index is 13.5. The van der Waals surface area contributed by atoms with Crippen LogP contribution in [-0.2, 0) is 17.6 Å². The molecule has 1 N–H and O–H groups in total. The van der Waals surface area contributed by atoms with E-state index in [9.17, 15) is 9.18 Å². The number of rotatable bonds is 7. The largest absolute Gasteiger partial charge is 0.364 e. The zero-order valence-corrected chi connectivity index (χ0v) is 12.2. The summed E-state index contributed by atoms with van der Waals surface area (Å²) in [5.74, 6) is -0.484. The van der Waals surface area contributed by atoms with Crippen LogP contribution in [-0.4, -0.2) is 17.6 Å². The Labute approximate surface area is 127 Å². The highest BCUT2D eigenvalue weighted by atomic mass is 35.5. The molecule has 1 aromatic carbocycles. The smallest absolute Gasteiger partial charge is 0.220 e. The van der Waals surface area contributed by atoms with Gasteiger partial charge in [0.2, 0.25) is 5.91 Å². The van der Waals surface area contributed by atoms with Crippen LogP contribution < -0.4 is 5.32 Å². The van der Waals surface area contributed by atoms with Crippen molar-refractivity contribution in [2.24, 2.45) is 0 Å². The number of carbonyl (C=O) groups is 1. The standard InChI is InChI=1S/C15H16ClFN2O2/c16-13-4-1-5-14(17)12(13)6-7-15(20)18-8-2-3-11-9-19-21-10-11/h1,4-5,9-10H,2-3,6-8H2,(H,18,20). The third-order valence-corrected chi connectivity index (χ3v) is 3.47. The molecule has 2 rings (SSSR count). The number of nitrogens with zero attached hydrogens (tertiary/aromatic N) is 1. The topological polar surface area (TPSA) is 55.1 Å². The number of aryl methyl sites for hydroxylation is 1. The molecule has 0 aliphatic carbocycles. The van der Waals surface area contributed by atoms with E-state index >= 15 is 0 Å². The van der Waals surface area contributed by atoms with Crippen LogP contribution in [0.25, 0.3) is 0 Å². The Hall–Kier alpha value is -1.88. The number of hydrogen-bond donors (Lipinski definition) is 1. The normalized spacial score (nSPS) is 10.6. The second-order valence-electron chi connectivity index (χ2n) is 4.69. The lowest BCUT2D eigenvalue weighted by atomic mass is 10.1. The van der Waals surface area contributed by atoms with Crippen molar-refractivity contribution in [3.8, 4) is 0 Å². The van der Waals surface area contributed by atoms with Crippen molar-refractivity contribution in [1.29, 1.82) is 0 Å². The minimum absolute atomic E-state index is 0.111. The number of aromatic nitrogens is 1. The summed E-state index contributed by atoms with van der Waals surface area (Å²) < 4.78 is 18.3. The van der Waals surface area contributed by atoms with Gasteiger partial charge in [0.05, 0.1) is 6.20 Å². The molecule has 1 aromatic heterocycles. The van der Waals surface area contributed by atoms with Crippen LogP contribution in [0.15, 0.2) is 35.2 Å². The molecule has 0 aliphatic heterocycles. The first-order valence-corrected chi connectivity index (χ1v) is 7.12. The molecule has 21 heavy (non-hydrogen) atoms. The lowest BCUT2D eigenvalue weighted by molar-refractivity contribution is -0.121. The van der Waals surface area contributed by atoms with Gasteiger partial charge in [-0.25, -0.2) is 4.39 Å². The summed E-state index contributed by atoms with van der Waals surface area (Å²) >= 11 is 5.91. The molecule has 0 saturated heterocycles. The first-order valence-electron chi connectivity index (χ1n) is 6.74. The first kappa shape index (κ1) is 15.5. The van der Waals surface area contributed by atoms with Crippen molar-refractivity contribution in [2.45, 2.75) is 25.7 Å². The summed E-state index contributed by atoms with van der Waals surface area (Å²) in [6.45, 7) is 0.565. The molecule has 0 atom stereocenters. The number of halogens is 2. The number of carbonyl (C=O) groups excluding carboxylic acids is 1. The van der Waals surface area contributed by atoms with E-state index < -0.39 is 0 Å². The Morgan fingerprint density at radius 3 is 2.95 bits per heavy atom. The minimum atomic E-state index is -0.372. The van der Waals surface area contributed by atoms with Gasteiger partial charge in [-0.3, -0.25) is 4.79 Å². The van der Waals surface area contributed by atoms with Gasteiger partial charge in [0.1, 0.15) is 12.1 Å². The third kappa shape index (κ3) is 4.86. The SMILES string of the molecule is O=C(CCc1c(F)cccc1Cl)NCCCc1cnoc1. The molecule has 112 valence electrons. The summed E-state index contributed by atoms with van der Waals surface area (Å²) in [5, 5.41) is 6.76. The van der Waals surface area contributed by atoms with Gasteiger partial charge in [-0.1, -0.05) is 22.8 Å². The lowest BCUT2D eigenvalue weighted by Crippen LogP contribution is -2.25. The van der Waals surface area contributed by atoms with Gasteiger partial charge in [-0.05, 0) is 31.4 Å². The fourth-order valence-electron chi connectivity index (χ4n) is 1.97. The van der Waals surface area contributed by atoms with Crippen molar-refractivity contribution in [3.63, 3.8) is 0 Å². The molecule has 0 saturated carbocycles. The molecule has 0 unspecified atom stereocenters. The van der Waals surface area contributed by atoms with Gasteiger partial charge < -0.3 is 9.84 Å². The maximum atomic E-state index is 13.5. The molecular formula is C15H16ClFN2O2. The predicted octanol–water partition coefficient (Wildman–Crippen LogP) is 3.15. The summed E-state index contributed by atoms with van der Waals surface area (Å²) in [7, 11) is 0. The minimum Gasteiger partial charge on any atom is -0.364 e. The maximum Gasteiger partial charge on any atom is 0.220 e. The first-order chi connectivity index (χ1) is 10.2. The van der Waals surface area contributed by atoms with Crippen molar-refractivity contribution in [3.05, 3.63) is 52.6 Å². The molecule has 1 heterocycles. The van der Waals surface area contributed by atoms with E-state index in [1.165, 1.54) is 6.07 Å². The quantitative estimate of drug-likeness (QED) is 0.799. The predicted molar refractivity (Wildman–Crippen MR) is 77.6 cm³/mol. The highest BCUT2D eigenvalue weighted by Gasteiger charge is 2.09. The number of hydrogen-bond acceptors (Lipinski definition) is 3. The summed E-state index contributed by atoms with van der Waals surface area (Å²) in [6, 6.07) is 4.51. The molecule has 6 heteroatoms. The van der Waals surface area contributed by atoms with Crippen molar-refractivity contribution in [2.75, 3.05) is 6.54 Å².